The molecular formula is C24H31ClFN5O2. The number of halogens is 2. The second-order valence-corrected chi connectivity index (χ2v) is 9.91. The zero-order chi connectivity index (χ0) is 23.4. The van der Waals surface area contributed by atoms with Gasteiger partial charge in [-0.25, -0.2) is 14.4 Å². The van der Waals surface area contributed by atoms with Crippen molar-refractivity contribution in [2.45, 2.75) is 45.1 Å². The second kappa shape index (κ2) is 10.3. The van der Waals surface area contributed by atoms with Gasteiger partial charge in [0.05, 0.1) is 16.6 Å². The molecule has 0 spiro atoms. The topological polar surface area (TPSA) is 88.2 Å². The number of amides is 1. The summed E-state index contributed by atoms with van der Waals surface area (Å²) in [5, 5.41) is 9.81. The highest BCUT2D eigenvalue weighted by Gasteiger charge is 2.30. The lowest BCUT2D eigenvalue weighted by molar-refractivity contribution is -0.120. The Morgan fingerprint density at radius 2 is 2.09 bits per heavy atom. The predicted octanol–water partition coefficient (Wildman–Crippen LogP) is 4.49. The summed E-state index contributed by atoms with van der Waals surface area (Å²) in [6.45, 7) is 7.00. The summed E-state index contributed by atoms with van der Waals surface area (Å²) >= 11 is 6.39. The first-order valence-electron chi connectivity index (χ1n) is 11.5. The zero-order valence-electron chi connectivity index (χ0n) is 19.1. The number of hydrogen-bond acceptors (Lipinski definition) is 6. The van der Waals surface area contributed by atoms with E-state index in [1.807, 2.05) is 0 Å². The fourth-order valence-electron chi connectivity index (χ4n) is 4.19. The summed E-state index contributed by atoms with van der Waals surface area (Å²) in [6.07, 6.45) is 5.11. The average Bonchev–Trinajstić information content (AvgIpc) is 2.80. The van der Waals surface area contributed by atoms with Crippen LogP contribution in [0.15, 0.2) is 24.4 Å². The highest BCUT2D eigenvalue weighted by molar-refractivity contribution is 6.33. The minimum absolute atomic E-state index is 0.0488. The van der Waals surface area contributed by atoms with Gasteiger partial charge in [0, 0.05) is 43.6 Å². The molecule has 4 rings (SSSR count). The second-order valence-electron chi connectivity index (χ2n) is 9.50. The van der Waals surface area contributed by atoms with Gasteiger partial charge in [-0.2, -0.15) is 0 Å². The summed E-state index contributed by atoms with van der Waals surface area (Å²) in [5.74, 6) is 0.390. The van der Waals surface area contributed by atoms with Crippen molar-refractivity contribution in [3.8, 4) is 11.3 Å². The quantitative estimate of drug-likeness (QED) is 0.570. The van der Waals surface area contributed by atoms with Crippen LogP contribution in [0, 0.1) is 17.7 Å². The van der Waals surface area contributed by atoms with Gasteiger partial charge in [0.1, 0.15) is 5.82 Å². The van der Waals surface area contributed by atoms with Gasteiger partial charge < -0.3 is 20.7 Å². The number of anilines is 2. The van der Waals surface area contributed by atoms with Gasteiger partial charge in [0.2, 0.25) is 5.91 Å². The number of carbonyl (C=O) groups is 1. The maximum atomic E-state index is 14.4. The van der Waals surface area contributed by atoms with Gasteiger partial charge in [0.25, 0.3) is 0 Å². The van der Waals surface area contributed by atoms with Gasteiger partial charge in [-0.15, -0.1) is 0 Å². The number of pyridine rings is 2. The summed E-state index contributed by atoms with van der Waals surface area (Å²) in [5.41, 5.74) is 1.14. The van der Waals surface area contributed by atoms with Crippen molar-refractivity contribution >= 4 is 29.1 Å². The first-order valence-corrected chi connectivity index (χ1v) is 11.9. The number of nitrogens with zero attached hydrogens (tertiary/aromatic N) is 2. The monoisotopic (exact) mass is 475 g/mol. The van der Waals surface area contributed by atoms with Gasteiger partial charge >= 0.3 is 0 Å². The highest BCUT2D eigenvalue weighted by atomic mass is 35.5. The average molecular weight is 476 g/mol. The SMILES string of the molecule is CC1(C)CCC(C(=O)Nc2cc(-c3ccc(F)c(NCC4CCOCC4)n3)c(Cl)cn2)CN1. The first-order chi connectivity index (χ1) is 15.8. The summed E-state index contributed by atoms with van der Waals surface area (Å²) in [4.78, 5) is 21.5. The molecule has 1 amide bonds. The predicted molar refractivity (Wildman–Crippen MR) is 128 cm³/mol. The van der Waals surface area contributed by atoms with Gasteiger partial charge in [-0.3, -0.25) is 4.79 Å². The van der Waals surface area contributed by atoms with Crippen LogP contribution in [0.1, 0.15) is 39.5 Å². The van der Waals surface area contributed by atoms with E-state index in [1.54, 1.807) is 12.1 Å². The highest BCUT2D eigenvalue weighted by Crippen LogP contribution is 2.30. The molecular weight excluding hydrogens is 445 g/mol. The number of aromatic nitrogens is 2. The Labute approximate surface area is 198 Å². The molecule has 178 valence electrons. The molecule has 2 aliphatic rings. The standard InChI is InChI=1S/C24H31ClFN5O2/c1-24(2)8-5-16(13-29-24)23(32)31-21-11-17(18(25)14-27-21)20-4-3-19(26)22(30-20)28-12-15-6-9-33-10-7-15/h3-4,11,14-16,29H,5-10,12-13H2,1-2H3,(H,28,30)(H,27,31,32). The van der Waals surface area contributed by atoms with Gasteiger partial charge in [0.15, 0.2) is 11.6 Å². The molecule has 0 bridgehead atoms. The van der Waals surface area contributed by atoms with Crippen molar-refractivity contribution in [3.05, 3.63) is 35.2 Å². The van der Waals surface area contributed by atoms with Crippen molar-refractivity contribution in [1.29, 1.82) is 0 Å². The molecule has 0 aromatic carbocycles. The van der Waals surface area contributed by atoms with Crippen molar-refractivity contribution in [2.75, 3.05) is 36.9 Å². The van der Waals surface area contributed by atoms with Crippen molar-refractivity contribution in [1.82, 2.24) is 15.3 Å². The lowest BCUT2D eigenvalue weighted by Crippen LogP contribution is -2.49. The third-order valence-corrected chi connectivity index (χ3v) is 6.74. The van der Waals surface area contributed by atoms with E-state index in [-0.39, 0.29) is 23.2 Å². The molecule has 3 N–H and O–H groups in total. The van der Waals surface area contributed by atoms with Crippen LogP contribution in [-0.2, 0) is 9.53 Å². The normalized spacial score (nSPS) is 20.9. The van der Waals surface area contributed by atoms with Gasteiger partial charge in [-0.1, -0.05) is 11.6 Å². The Morgan fingerprint density at radius 3 is 2.82 bits per heavy atom. The largest absolute Gasteiger partial charge is 0.381 e. The number of rotatable bonds is 6. The van der Waals surface area contributed by atoms with E-state index in [2.05, 4.69) is 39.8 Å². The number of ether oxygens (including phenoxy) is 1. The van der Waals surface area contributed by atoms with Crippen molar-refractivity contribution < 1.29 is 13.9 Å². The zero-order valence-corrected chi connectivity index (χ0v) is 19.8. The van der Waals surface area contributed by atoms with Gasteiger partial charge in [-0.05, 0) is 63.6 Å². The molecule has 0 radical (unpaired) electrons. The Kier molecular flexibility index (Phi) is 7.46. The lowest BCUT2D eigenvalue weighted by Gasteiger charge is -2.35. The molecule has 9 heteroatoms. The smallest absolute Gasteiger partial charge is 0.229 e. The Morgan fingerprint density at radius 1 is 1.30 bits per heavy atom. The van der Waals surface area contributed by atoms with Crippen LogP contribution in [0.25, 0.3) is 11.3 Å². The molecule has 2 aromatic rings. The molecule has 0 saturated carbocycles. The molecule has 2 saturated heterocycles. The number of piperidine rings is 1. The van der Waals surface area contributed by atoms with E-state index in [1.165, 1.54) is 12.3 Å². The Balaban J connectivity index is 1.46. The van der Waals surface area contributed by atoms with E-state index in [4.69, 9.17) is 16.3 Å². The molecule has 4 heterocycles. The summed E-state index contributed by atoms with van der Waals surface area (Å²) < 4.78 is 19.8. The maximum Gasteiger partial charge on any atom is 0.229 e. The molecule has 7 nitrogen and oxygen atoms in total. The summed E-state index contributed by atoms with van der Waals surface area (Å²) in [6, 6.07) is 4.64. The molecule has 2 aromatic heterocycles. The lowest BCUT2D eigenvalue weighted by atomic mass is 9.86. The van der Waals surface area contributed by atoms with E-state index in [9.17, 15) is 9.18 Å². The number of carbonyl (C=O) groups excluding carboxylic acids is 1. The van der Waals surface area contributed by atoms with Crippen LogP contribution in [0.2, 0.25) is 5.02 Å². The fourth-order valence-corrected chi connectivity index (χ4v) is 4.39. The maximum absolute atomic E-state index is 14.4. The van der Waals surface area contributed by atoms with E-state index >= 15 is 0 Å². The third kappa shape index (κ3) is 6.19. The summed E-state index contributed by atoms with van der Waals surface area (Å²) in [7, 11) is 0. The van der Waals surface area contributed by atoms with Crippen LogP contribution in [0.3, 0.4) is 0 Å². The Hall–Kier alpha value is -2.29. The van der Waals surface area contributed by atoms with Crippen LogP contribution >= 0.6 is 11.6 Å². The van der Waals surface area contributed by atoms with Crippen LogP contribution in [0.4, 0.5) is 16.0 Å². The molecule has 1 atom stereocenters. The van der Waals surface area contributed by atoms with Crippen LogP contribution < -0.4 is 16.0 Å². The number of nitrogens with one attached hydrogen (secondary N) is 3. The van der Waals surface area contributed by atoms with Crippen molar-refractivity contribution in [2.24, 2.45) is 11.8 Å². The molecule has 2 aliphatic heterocycles. The van der Waals surface area contributed by atoms with Crippen LogP contribution in [-0.4, -0.2) is 47.7 Å². The molecule has 1 unspecified atom stereocenters. The van der Waals surface area contributed by atoms with Crippen LogP contribution in [0.5, 0.6) is 0 Å². The number of hydrogen-bond donors (Lipinski definition) is 3. The molecule has 0 aliphatic carbocycles. The molecule has 33 heavy (non-hydrogen) atoms. The minimum Gasteiger partial charge on any atom is -0.381 e. The van der Waals surface area contributed by atoms with E-state index < -0.39 is 5.82 Å². The molecule has 2 fully saturated rings. The Bertz CT molecular complexity index is 987. The fraction of sp³-hybridized carbons (Fsp3) is 0.542. The van der Waals surface area contributed by atoms with E-state index in [0.717, 1.165) is 38.9 Å². The van der Waals surface area contributed by atoms with Crippen molar-refractivity contribution in [3.63, 3.8) is 0 Å². The minimum atomic E-state index is -0.419. The van der Waals surface area contributed by atoms with E-state index in [0.29, 0.717) is 41.1 Å². The third-order valence-electron chi connectivity index (χ3n) is 6.44. The first kappa shape index (κ1) is 23.9.